The summed E-state index contributed by atoms with van der Waals surface area (Å²) in [6.45, 7) is 0. The molecule has 3 rings (SSSR count). The topological polar surface area (TPSA) is 17.1 Å². The third-order valence-corrected chi connectivity index (χ3v) is 2.92. The Kier molecular flexibility index (Phi) is 1.48. The van der Waals surface area contributed by atoms with Crippen LogP contribution in [0.4, 0.5) is 0 Å². The molecule has 0 aliphatic heterocycles. The highest BCUT2D eigenvalue weighted by molar-refractivity contribution is 6.07. The van der Waals surface area contributed by atoms with E-state index in [0.717, 1.165) is 17.5 Å². The van der Waals surface area contributed by atoms with Gasteiger partial charge in [0, 0.05) is 12.0 Å². The molecule has 0 bridgehead atoms. The average Bonchev–Trinajstić information content (AvgIpc) is 2.66. The quantitative estimate of drug-likeness (QED) is 0.602. The van der Waals surface area contributed by atoms with Crippen molar-refractivity contribution in [2.75, 3.05) is 0 Å². The molecule has 1 heteroatoms. The van der Waals surface area contributed by atoms with Gasteiger partial charge in [-0.2, -0.15) is 0 Å². The van der Waals surface area contributed by atoms with Crippen LogP contribution in [0.25, 0.3) is 5.57 Å². The summed E-state index contributed by atoms with van der Waals surface area (Å²) in [6, 6.07) is 7.89. The molecular weight excluding hydrogens is 172 g/mol. The standard InChI is InChI=1S/C13H10O/c14-13-8-9-4-3-7-10(9)11-5-1-2-6-12(11)13/h1-3,5-7H,4,8H2. The third kappa shape index (κ3) is 0.925. The van der Waals surface area contributed by atoms with Crippen molar-refractivity contribution < 1.29 is 4.79 Å². The van der Waals surface area contributed by atoms with E-state index in [1.165, 1.54) is 11.1 Å². The molecule has 0 radical (unpaired) electrons. The van der Waals surface area contributed by atoms with Gasteiger partial charge in [-0.15, -0.1) is 0 Å². The maximum Gasteiger partial charge on any atom is 0.167 e. The Bertz CT molecular complexity index is 478. The van der Waals surface area contributed by atoms with E-state index in [2.05, 4.69) is 12.2 Å². The molecule has 0 atom stereocenters. The summed E-state index contributed by atoms with van der Waals surface area (Å²) in [5.41, 5.74) is 4.57. The van der Waals surface area contributed by atoms with E-state index in [9.17, 15) is 4.79 Å². The molecular formula is C13H10O. The number of benzene rings is 1. The van der Waals surface area contributed by atoms with Gasteiger partial charge in [0.2, 0.25) is 0 Å². The molecule has 0 saturated heterocycles. The van der Waals surface area contributed by atoms with Gasteiger partial charge in [0.15, 0.2) is 5.78 Å². The lowest BCUT2D eigenvalue weighted by atomic mass is 9.86. The first kappa shape index (κ1) is 7.74. The van der Waals surface area contributed by atoms with Gasteiger partial charge in [0.1, 0.15) is 0 Å². The molecule has 1 aromatic rings. The van der Waals surface area contributed by atoms with Crippen molar-refractivity contribution in [1.82, 2.24) is 0 Å². The summed E-state index contributed by atoms with van der Waals surface area (Å²) >= 11 is 0. The van der Waals surface area contributed by atoms with Crippen LogP contribution in [0.15, 0.2) is 42.0 Å². The molecule has 0 amide bonds. The molecule has 68 valence electrons. The van der Waals surface area contributed by atoms with Gasteiger partial charge in [0.25, 0.3) is 0 Å². The van der Waals surface area contributed by atoms with Crippen LogP contribution >= 0.6 is 0 Å². The Morgan fingerprint density at radius 1 is 1.07 bits per heavy atom. The van der Waals surface area contributed by atoms with E-state index in [4.69, 9.17) is 0 Å². The largest absolute Gasteiger partial charge is 0.294 e. The van der Waals surface area contributed by atoms with E-state index >= 15 is 0 Å². The summed E-state index contributed by atoms with van der Waals surface area (Å²) in [6.07, 6.45) is 5.84. The fourth-order valence-corrected chi connectivity index (χ4v) is 2.24. The summed E-state index contributed by atoms with van der Waals surface area (Å²) < 4.78 is 0. The van der Waals surface area contributed by atoms with Crippen molar-refractivity contribution in [3.05, 3.63) is 53.1 Å². The Morgan fingerprint density at radius 3 is 2.71 bits per heavy atom. The van der Waals surface area contributed by atoms with Gasteiger partial charge < -0.3 is 0 Å². The summed E-state index contributed by atoms with van der Waals surface area (Å²) in [7, 11) is 0. The summed E-state index contributed by atoms with van der Waals surface area (Å²) in [4.78, 5) is 11.8. The van der Waals surface area contributed by atoms with Crippen LogP contribution in [0.3, 0.4) is 0 Å². The summed E-state index contributed by atoms with van der Waals surface area (Å²) in [5, 5.41) is 0. The normalized spacial score (nSPS) is 18.4. The van der Waals surface area contributed by atoms with E-state index in [0.29, 0.717) is 6.42 Å². The molecule has 2 aliphatic carbocycles. The minimum atomic E-state index is 0.267. The van der Waals surface area contributed by atoms with Gasteiger partial charge in [-0.1, -0.05) is 42.0 Å². The molecule has 0 fully saturated rings. The SMILES string of the molecule is O=C1CC2=C(C=CC2)c2ccccc21. The Balaban J connectivity index is 2.29. The number of carbonyl (C=O) groups is 1. The Labute approximate surface area is 82.8 Å². The van der Waals surface area contributed by atoms with Crippen molar-refractivity contribution in [2.24, 2.45) is 0 Å². The highest BCUT2D eigenvalue weighted by atomic mass is 16.1. The van der Waals surface area contributed by atoms with E-state index in [-0.39, 0.29) is 5.78 Å². The second kappa shape index (κ2) is 2.68. The van der Waals surface area contributed by atoms with Crippen LogP contribution in [0.2, 0.25) is 0 Å². The number of fused-ring (bicyclic) bond motifs is 2. The minimum Gasteiger partial charge on any atom is -0.294 e. The van der Waals surface area contributed by atoms with Gasteiger partial charge in [0.05, 0.1) is 0 Å². The highest BCUT2D eigenvalue weighted by Crippen LogP contribution is 2.37. The minimum absolute atomic E-state index is 0.267. The van der Waals surface area contributed by atoms with Crippen molar-refractivity contribution in [3.63, 3.8) is 0 Å². The zero-order chi connectivity index (χ0) is 9.54. The lowest BCUT2D eigenvalue weighted by molar-refractivity contribution is 0.0991. The number of Topliss-reactive ketones (excluding diaryl/α,β-unsaturated/α-hetero) is 1. The van der Waals surface area contributed by atoms with Crippen LogP contribution in [0, 0.1) is 0 Å². The van der Waals surface area contributed by atoms with E-state index in [1.54, 1.807) is 0 Å². The van der Waals surface area contributed by atoms with Crippen molar-refractivity contribution in [1.29, 1.82) is 0 Å². The monoisotopic (exact) mass is 182 g/mol. The Hall–Kier alpha value is -1.63. The third-order valence-electron chi connectivity index (χ3n) is 2.92. The fraction of sp³-hybridized carbons (Fsp3) is 0.154. The lowest BCUT2D eigenvalue weighted by Gasteiger charge is -2.16. The number of ketones is 1. The Morgan fingerprint density at radius 2 is 1.86 bits per heavy atom. The first-order valence-corrected chi connectivity index (χ1v) is 4.87. The van der Waals surface area contributed by atoms with Gasteiger partial charge in [-0.25, -0.2) is 0 Å². The van der Waals surface area contributed by atoms with E-state index in [1.807, 2.05) is 24.3 Å². The molecule has 0 heterocycles. The van der Waals surface area contributed by atoms with E-state index < -0.39 is 0 Å². The van der Waals surface area contributed by atoms with Crippen LogP contribution in [-0.4, -0.2) is 5.78 Å². The molecule has 2 aliphatic rings. The molecule has 0 saturated carbocycles. The fourth-order valence-electron chi connectivity index (χ4n) is 2.24. The molecule has 0 spiro atoms. The number of allylic oxidation sites excluding steroid dienone is 4. The lowest BCUT2D eigenvalue weighted by Crippen LogP contribution is -2.09. The number of hydrogen-bond donors (Lipinski definition) is 0. The zero-order valence-electron chi connectivity index (χ0n) is 7.79. The molecule has 0 unspecified atom stereocenters. The second-order valence-corrected chi connectivity index (χ2v) is 3.77. The van der Waals surface area contributed by atoms with Crippen molar-refractivity contribution >= 4 is 11.4 Å². The molecule has 0 aromatic heterocycles. The summed E-state index contributed by atoms with van der Waals surface area (Å²) in [5.74, 6) is 0.267. The predicted octanol–water partition coefficient (Wildman–Crippen LogP) is 2.99. The smallest absolute Gasteiger partial charge is 0.167 e. The van der Waals surface area contributed by atoms with Crippen LogP contribution in [0.5, 0.6) is 0 Å². The number of hydrogen-bond acceptors (Lipinski definition) is 1. The average molecular weight is 182 g/mol. The van der Waals surface area contributed by atoms with Gasteiger partial charge in [-0.3, -0.25) is 4.79 Å². The molecule has 0 N–H and O–H groups in total. The maximum absolute atomic E-state index is 11.8. The first-order chi connectivity index (χ1) is 6.86. The molecule has 14 heavy (non-hydrogen) atoms. The predicted molar refractivity (Wildman–Crippen MR) is 56.1 cm³/mol. The van der Waals surface area contributed by atoms with Crippen molar-refractivity contribution in [2.45, 2.75) is 12.8 Å². The van der Waals surface area contributed by atoms with Crippen LogP contribution in [0.1, 0.15) is 28.8 Å². The number of rotatable bonds is 0. The number of carbonyl (C=O) groups excluding carboxylic acids is 1. The molecule has 1 aromatic carbocycles. The highest BCUT2D eigenvalue weighted by Gasteiger charge is 2.24. The first-order valence-electron chi connectivity index (χ1n) is 4.87. The van der Waals surface area contributed by atoms with Gasteiger partial charge in [-0.05, 0) is 17.6 Å². The maximum atomic E-state index is 11.8. The van der Waals surface area contributed by atoms with Crippen LogP contribution in [-0.2, 0) is 0 Å². The second-order valence-electron chi connectivity index (χ2n) is 3.77. The molecule has 1 nitrogen and oxygen atoms in total. The van der Waals surface area contributed by atoms with Crippen LogP contribution < -0.4 is 0 Å². The zero-order valence-corrected chi connectivity index (χ0v) is 7.79. The van der Waals surface area contributed by atoms with Crippen molar-refractivity contribution in [3.8, 4) is 0 Å². The van der Waals surface area contributed by atoms with Gasteiger partial charge >= 0.3 is 0 Å².